The molecule has 1 aromatic heterocycles. The van der Waals surface area contributed by atoms with Crippen LogP contribution >= 0.6 is 11.5 Å². The molecule has 2 aromatic rings. The van der Waals surface area contributed by atoms with Gasteiger partial charge < -0.3 is 5.32 Å². The molecule has 0 radical (unpaired) electrons. The Hall–Kier alpha value is -1.26. The van der Waals surface area contributed by atoms with Crippen LogP contribution < -0.4 is 5.32 Å². The number of benzene rings is 1. The van der Waals surface area contributed by atoms with Gasteiger partial charge in [-0.15, -0.1) is 5.10 Å². The Morgan fingerprint density at radius 1 is 1.29 bits per heavy atom. The number of likely N-dealkylation sites (N-methyl/N-ethyl adjacent to an activating group) is 1. The van der Waals surface area contributed by atoms with E-state index < -0.39 is 0 Å². The normalized spacial score (nSPS) is 12.6. The summed E-state index contributed by atoms with van der Waals surface area (Å²) in [4.78, 5) is 1.25. The molecule has 90 valence electrons. The van der Waals surface area contributed by atoms with E-state index in [2.05, 4.69) is 46.1 Å². The first kappa shape index (κ1) is 12.2. The van der Waals surface area contributed by atoms with E-state index in [1.54, 1.807) is 0 Å². The molecule has 0 fully saturated rings. The van der Waals surface area contributed by atoms with Crippen LogP contribution in [0.3, 0.4) is 0 Å². The number of nitrogens with one attached hydrogen (secondary N) is 1. The lowest BCUT2D eigenvalue weighted by Crippen LogP contribution is -2.22. The van der Waals surface area contributed by atoms with Crippen LogP contribution in [0.15, 0.2) is 30.3 Å². The van der Waals surface area contributed by atoms with E-state index >= 15 is 0 Å². The summed E-state index contributed by atoms with van der Waals surface area (Å²) < 4.78 is 4.02. The fourth-order valence-corrected chi connectivity index (χ4v) is 2.63. The van der Waals surface area contributed by atoms with Crippen LogP contribution in [0.4, 0.5) is 0 Å². The number of aromatic nitrogens is 2. The number of aryl methyl sites for hydroxylation is 1. The van der Waals surface area contributed by atoms with Crippen molar-refractivity contribution in [3.63, 3.8) is 0 Å². The second kappa shape index (κ2) is 5.89. The summed E-state index contributed by atoms with van der Waals surface area (Å²) in [5, 5.41) is 7.59. The topological polar surface area (TPSA) is 37.8 Å². The predicted molar refractivity (Wildman–Crippen MR) is 71.2 cm³/mol. The van der Waals surface area contributed by atoms with Crippen LogP contribution in [0.2, 0.25) is 0 Å². The smallest absolute Gasteiger partial charge is 0.0772 e. The molecule has 1 heterocycles. The van der Waals surface area contributed by atoms with E-state index in [0.29, 0.717) is 6.04 Å². The van der Waals surface area contributed by atoms with Crippen molar-refractivity contribution in [3.8, 4) is 0 Å². The Morgan fingerprint density at radius 2 is 2.06 bits per heavy atom. The first-order valence-electron chi connectivity index (χ1n) is 5.87. The third-order valence-corrected chi connectivity index (χ3v) is 3.68. The first-order valence-corrected chi connectivity index (χ1v) is 6.64. The van der Waals surface area contributed by atoms with Crippen molar-refractivity contribution in [3.05, 3.63) is 46.5 Å². The maximum atomic E-state index is 4.09. The van der Waals surface area contributed by atoms with Crippen molar-refractivity contribution in [1.29, 1.82) is 0 Å². The summed E-state index contributed by atoms with van der Waals surface area (Å²) >= 11 is 1.49. The van der Waals surface area contributed by atoms with E-state index in [1.165, 1.54) is 22.0 Å². The quantitative estimate of drug-likeness (QED) is 0.883. The molecule has 0 saturated carbocycles. The van der Waals surface area contributed by atoms with Gasteiger partial charge in [0.05, 0.1) is 10.6 Å². The second-order valence-electron chi connectivity index (χ2n) is 4.02. The zero-order valence-corrected chi connectivity index (χ0v) is 11.0. The van der Waals surface area contributed by atoms with Crippen molar-refractivity contribution < 1.29 is 0 Å². The number of rotatable bonds is 5. The first-order chi connectivity index (χ1) is 8.31. The van der Waals surface area contributed by atoms with Gasteiger partial charge in [-0.25, -0.2) is 0 Å². The molecule has 0 spiro atoms. The Balaban J connectivity index is 2.16. The van der Waals surface area contributed by atoms with Gasteiger partial charge >= 0.3 is 0 Å². The van der Waals surface area contributed by atoms with Gasteiger partial charge in [0.2, 0.25) is 0 Å². The Bertz CT molecular complexity index is 453. The summed E-state index contributed by atoms with van der Waals surface area (Å²) in [5.74, 6) is 0. The molecule has 4 heteroatoms. The van der Waals surface area contributed by atoms with Gasteiger partial charge in [0.25, 0.3) is 0 Å². The molecule has 3 nitrogen and oxygen atoms in total. The minimum atomic E-state index is 0.322. The molecule has 0 aliphatic heterocycles. The lowest BCUT2D eigenvalue weighted by atomic mass is 10.0. The summed E-state index contributed by atoms with van der Waals surface area (Å²) in [6.45, 7) is 5.10. The van der Waals surface area contributed by atoms with Crippen molar-refractivity contribution in [2.24, 2.45) is 0 Å². The van der Waals surface area contributed by atoms with Gasteiger partial charge in [0, 0.05) is 6.04 Å². The molecule has 1 aromatic carbocycles. The number of nitrogens with zero attached hydrogens (tertiary/aromatic N) is 2. The monoisotopic (exact) mass is 247 g/mol. The van der Waals surface area contributed by atoms with Crippen LogP contribution in [-0.4, -0.2) is 16.1 Å². The highest BCUT2D eigenvalue weighted by Gasteiger charge is 2.16. The van der Waals surface area contributed by atoms with Crippen molar-refractivity contribution in [2.45, 2.75) is 26.3 Å². The average Bonchev–Trinajstić information content (AvgIpc) is 2.76. The SMILES string of the molecule is CCNC(Cc1ccccc1)c1snnc1C. The maximum Gasteiger partial charge on any atom is 0.0772 e. The molecular formula is C13H17N3S. The lowest BCUT2D eigenvalue weighted by Gasteiger charge is -2.16. The number of hydrogen-bond acceptors (Lipinski definition) is 4. The van der Waals surface area contributed by atoms with Gasteiger partial charge in [-0.2, -0.15) is 0 Å². The molecule has 1 atom stereocenters. The average molecular weight is 247 g/mol. The van der Waals surface area contributed by atoms with Crippen LogP contribution in [0.25, 0.3) is 0 Å². The molecule has 0 amide bonds. The molecule has 0 bridgehead atoms. The molecule has 0 saturated heterocycles. The minimum absolute atomic E-state index is 0.322. The second-order valence-corrected chi connectivity index (χ2v) is 4.81. The van der Waals surface area contributed by atoms with Crippen molar-refractivity contribution in [1.82, 2.24) is 14.9 Å². The third kappa shape index (κ3) is 3.11. The Kier molecular flexibility index (Phi) is 4.23. The molecule has 0 aliphatic rings. The van der Waals surface area contributed by atoms with Crippen molar-refractivity contribution in [2.75, 3.05) is 6.54 Å². The summed E-state index contributed by atoms with van der Waals surface area (Å²) in [6.07, 6.45) is 0.986. The fourth-order valence-electron chi connectivity index (χ4n) is 1.91. The molecule has 17 heavy (non-hydrogen) atoms. The highest BCUT2D eigenvalue weighted by atomic mass is 32.1. The summed E-state index contributed by atoms with van der Waals surface area (Å²) in [7, 11) is 0. The third-order valence-electron chi connectivity index (χ3n) is 2.74. The van der Waals surface area contributed by atoms with E-state index in [-0.39, 0.29) is 0 Å². The van der Waals surface area contributed by atoms with Gasteiger partial charge in [-0.05, 0) is 37.0 Å². The molecule has 1 unspecified atom stereocenters. The molecule has 2 rings (SSSR count). The minimum Gasteiger partial charge on any atom is -0.309 e. The predicted octanol–water partition coefficient (Wildman–Crippen LogP) is 2.74. The Labute approximate surface area is 106 Å². The van der Waals surface area contributed by atoms with Crippen molar-refractivity contribution >= 4 is 11.5 Å². The van der Waals surface area contributed by atoms with Gasteiger partial charge in [0.15, 0.2) is 0 Å². The molecule has 0 aliphatic carbocycles. The zero-order chi connectivity index (χ0) is 12.1. The van der Waals surface area contributed by atoms with Gasteiger partial charge in [-0.3, -0.25) is 0 Å². The fraction of sp³-hybridized carbons (Fsp3) is 0.385. The van der Waals surface area contributed by atoms with Crippen LogP contribution in [0, 0.1) is 6.92 Å². The molecule has 1 N–H and O–H groups in total. The largest absolute Gasteiger partial charge is 0.309 e. The van der Waals surface area contributed by atoms with Crippen LogP contribution in [0.1, 0.15) is 29.1 Å². The number of hydrogen-bond donors (Lipinski definition) is 1. The maximum absolute atomic E-state index is 4.09. The van der Waals surface area contributed by atoms with Crippen LogP contribution in [0.5, 0.6) is 0 Å². The van der Waals surface area contributed by atoms with E-state index in [9.17, 15) is 0 Å². The standard InChI is InChI=1S/C13H17N3S/c1-3-14-12(13-10(2)15-16-17-13)9-11-7-5-4-6-8-11/h4-8,12,14H,3,9H2,1-2H3. The van der Waals surface area contributed by atoms with Gasteiger partial charge in [0.1, 0.15) is 0 Å². The zero-order valence-electron chi connectivity index (χ0n) is 10.2. The summed E-state index contributed by atoms with van der Waals surface area (Å²) in [5.41, 5.74) is 2.38. The molecular weight excluding hydrogens is 230 g/mol. The van der Waals surface area contributed by atoms with Crippen LogP contribution in [-0.2, 0) is 6.42 Å². The highest BCUT2D eigenvalue weighted by Crippen LogP contribution is 2.23. The summed E-state index contributed by atoms with van der Waals surface area (Å²) in [6, 6.07) is 10.8. The lowest BCUT2D eigenvalue weighted by molar-refractivity contribution is 0.555. The Morgan fingerprint density at radius 3 is 2.65 bits per heavy atom. The van der Waals surface area contributed by atoms with E-state index in [4.69, 9.17) is 0 Å². The van der Waals surface area contributed by atoms with E-state index in [0.717, 1.165) is 18.7 Å². The van der Waals surface area contributed by atoms with E-state index in [1.807, 2.05) is 13.0 Å². The highest BCUT2D eigenvalue weighted by molar-refractivity contribution is 7.05. The van der Waals surface area contributed by atoms with Gasteiger partial charge in [-0.1, -0.05) is 41.7 Å².